The van der Waals surface area contributed by atoms with Crippen LogP contribution in [0, 0.1) is 0 Å². The van der Waals surface area contributed by atoms with Crippen molar-refractivity contribution in [1.82, 2.24) is 14.9 Å². The molecule has 3 heterocycles. The van der Waals surface area contributed by atoms with Crippen molar-refractivity contribution in [2.24, 2.45) is 0 Å². The molecule has 27 heavy (non-hydrogen) atoms. The van der Waals surface area contributed by atoms with Gasteiger partial charge in [0.1, 0.15) is 0 Å². The molecule has 0 aliphatic carbocycles. The Balaban J connectivity index is 0.00000131. The van der Waals surface area contributed by atoms with Crippen molar-refractivity contribution in [3.63, 3.8) is 0 Å². The molecular weight excluding hydrogens is 425 g/mol. The Bertz CT molecular complexity index is 853. The first-order chi connectivity index (χ1) is 12.2. The van der Waals surface area contributed by atoms with E-state index >= 15 is 0 Å². The number of nitrogens with one attached hydrogen (secondary N) is 1. The third kappa shape index (κ3) is 4.97. The molecule has 1 aliphatic heterocycles. The molecule has 0 radical (unpaired) electrons. The maximum absolute atomic E-state index is 10.1. The van der Waals surface area contributed by atoms with E-state index in [0.29, 0.717) is 5.02 Å². The van der Waals surface area contributed by atoms with Gasteiger partial charge < -0.3 is 15.0 Å². The highest BCUT2D eigenvalue weighted by atomic mass is 35.5. The van der Waals surface area contributed by atoms with Crippen LogP contribution in [0.4, 0.5) is 0 Å². The summed E-state index contributed by atoms with van der Waals surface area (Å²) in [5.41, 5.74) is 4.39. The van der Waals surface area contributed by atoms with Crippen molar-refractivity contribution in [1.29, 1.82) is 0 Å². The third-order valence-corrected chi connectivity index (χ3v) is 5.87. The van der Waals surface area contributed by atoms with E-state index in [0.717, 1.165) is 55.4 Å². The first kappa shape index (κ1) is 22.5. The number of piperidine rings is 1. The molecule has 1 fully saturated rings. The number of imidazole rings is 1. The predicted molar refractivity (Wildman–Crippen MR) is 119 cm³/mol. The molecule has 1 aliphatic rings. The Morgan fingerprint density at radius 2 is 2.19 bits per heavy atom. The molecule has 2 aromatic heterocycles. The first-order valence-corrected chi connectivity index (χ1v) is 10.1. The lowest BCUT2D eigenvalue weighted by molar-refractivity contribution is 0.0909. The van der Waals surface area contributed by atoms with E-state index in [2.05, 4.69) is 31.7 Å². The average molecular weight is 449 g/mol. The van der Waals surface area contributed by atoms with Crippen LogP contribution in [0.15, 0.2) is 35.3 Å². The summed E-state index contributed by atoms with van der Waals surface area (Å²) in [7, 11) is 0. The Morgan fingerprint density at radius 3 is 2.93 bits per heavy atom. The maximum Gasteiger partial charge on any atom is 0.0958 e. The van der Waals surface area contributed by atoms with Gasteiger partial charge in [-0.3, -0.25) is 0 Å². The van der Waals surface area contributed by atoms with Gasteiger partial charge in [-0.15, -0.1) is 24.8 Å². The summed E-state index contributed by atoms with van der Waals surface area (Å²) < 4.78 is 2.22. The van der Waals surface area contributed by atoms with Crippen molar-refractivity contribution in [2.45, 2.75) is 44.4 Å². The van der Waals surface area contributed by atoms with Crippen molar-refractivity contribution in [2.75, 3.05) is 6.54 Å². The molecule has 0 saturated carbocycles. The molecule has 148 valence electrons. The number of benzene rings is 1. The molecule has 1 aromatic carbocycles. The zero-order chi connectivity index (χ0) is 17.2. The summed E-state index contributed by atoms with van der Waals surface area (Å²) >= 11 is 7.98. The molecular formula is C19H24Cl3N3OS. The highest BCUT2D eigenvalue weighted by Gasteiger charge is 2.22. The van der Waals surface area contributed by atoms with Crippen LogP contribution < -0.4 is 5.32 Å². The van der Waals surface area contributed by atoms with Gasteiger partial charge >= 0.3 is 0 Å². The second-order valence-electron chi connectivity index (χ2n) is 6.68. The topological polar surface area (TPSA) is 50.1 Å². The van der Waals surface area contributed by atoms with Gasteiger partial charge in [-0.1, -0.05) is 11.6 Å². The van der Waals surface area contributed by atoms with E-state index in [9.17, 15) is 5.11 Å². The largest absolute Gasteiger partial charge is 0.392 e. The fraction of sp³-hybridized carbons (Fsp3) is 0.421. The van der Waals surface area contributed by atoms with Crippen molar-refractivity contribution in [3.8, 4) is 11.1 Å². The number of fused-ring (bicyclic) bond motifs is 1. The van der Waals surface area contributed by atoms with Crippen LogP contribution in [0.2, 0.25) is 5.02 Å². The molecule has 2 N–H and O–H groups in total. The fourth-order valence-corrected chi connectivity index (χ4v) is 4.56. The SMILES string of the molecule is Cl.Cl.O[C@H]1CCCN[C@@H]1CCCn1cnc2cc(Cl)cc(-c3ccsc3)c21. The van der Waals surface area contributed by atoms with Gasteiger partial charge in [0.2, 0.25) is 0 Å². The van der Waals surface area contributed by atoms with E-state index < -0.39 is 0 Å². The summed E-state index contributed by atoms with van der Waals surface area (Å²) in [5, 5.41) is 18.5. The number of nitrogens with zero attached hydrogens (tertiary/aromatic N) is 2. The molecule has 1 saturated heterocycles. The Kier molecular flexibility index (Phi) is 8.40. The normalized spacial score (nSPS) is 19.5. The predicted octanol–water partition coefficient (Wildman–Crippen LogP) is 5.15. The lowest BCUT2D eigenvalue weighted by Crippen LogP contribution is -2.44. The molecule has 0 amide bonds. The van der Waals surface area contributed by atoms with E-state index in [1.54, 1.807) is 11.3 Å². The van der Waals surface area contributed by atoms with Crippen molar-refractivity contribution >= 4 is 58.8 Å². The zero-order valence-corrected chi connectivity index (χ0v) is 18.0. The molecule has 2 atom stereocenters. The zero-order valence-electron chi connectivity index (χ0n) is 14.8. The van der Waals surface area contributed by atoms with E-state index in [1.165, 1.54) is 5.56 Å². The van der Waals surface area contributed by atoms with Gasteiger partial charge in [0.15, 0.2) is 0 Å². The van der Waals surface area contributed by atoms with Gasteiger partial charge in [-0.25, -0.2) is 4.98 Å². The average Bonchev–Trinajstić information content (AvgIpc) is 3.26. The lowest BCUT2D eigenvalue weighted by Gasteiger charge is -2.29. The number of aliphatic hydroxyl groups excluding tert-OH is 1. The van der Waals surface area contributed by atoms with E-state index in [-0.39, 0.29) is 37.0 Å². The Hall–Kier alpha value is -0.820. The standard InChI is InChI=1S/C19H22ClN3OS.2ClH/c20-14-9-15(13-5-8-25-11-13)19-17(10-14)22-12-23(19)7-2-3-16-18(24)4-1-6-21-16;;/h5,8-12,16,18,21,24H,1-4,6-7H2;2*1H/t16-,18+;;/m1../s1. The summed E-state index contributed by atoms with van der Waals surface area (Å²) in [4.78, 5) is 4.55. The van der Waals surface area contributed by atoms with Gasteiger partial charge in [-0.05, 0) is 66.8 Å². The smallest absolute Gasteiger partial charge is 0.0958 e. The van der Waals surface area contributed by atoms with Crippen LogP contribution in [-0.2, 0) is 6.54 Å². The van der Waals surface area contributed by atoms with Gasteiger partial charge in [0.25, 0.3) is 0 Å². The first-order valence-electron chi connectivity index (χ1n) is 8.81. The van der Waals surface area contributed by atoms with Crippen molar-refractivity contribution in [3.05, 3.63) is 40.3 Å². The Labute approximate surface area is 180 Å². The van der Waals surface area contributed by atoms with E-state index in [4.69, 9.17) is 11.6 Å². The van der Waals surface area contributed by atoms with Crippen LogP contribution >= 0.6 is 47.8 Å². The summed E-state index contributed by atoms with van der Waals surface area (Å²) in [5.74, 6) is 0. The monoisotopic (exact) mass is 447 g/mol. The molecule has 0 spiro atoms. The highest BCUT2D eigenvalue weighted by Crippen LogP contribution is 2.33. The van der Waals surface area contributed by atoms with Gasteiger partial charge in [0, 0.05) is 23.2 Å². The quantitative estimate of drug-likeness (QED) is 0.567. The number of hydrogen-bond donors (Lipinski definition) is 2. The number of hydrogen-bond acceptors (Lipinski definition) is 4. The van der Waals surface area contributed by atoms with Crippen LogP contribution in [-0.4, -0.2) is 33.3 Å². The number of aliphatic hydroxyl groups is 1. The minimum absolute atomic E-state index is 0. The number of halogens is 3. The number of thiophene rings is 1. The number of aryl methyl sites for hydroxylation is 1. The minimum atomic E-state index is -0.214. The van der Waals surface area contributed by atoms with Crippen LogP contribution in [0.25, 0.3) is 22.2 Å². The molecule has 4 rings (SSSR count). The maximum atomic E-state index is 10.1. The molecule has 4 nitrogen and oxygen atoms in total. The number of aromatic nitrogens is 2. The van der Waals surface area contributed by atoms with Gasteiger partial charge in [-0.2, -0.15) is 11.3 Å². The van der Waals surface area contributed by atoms with Crippen LogP contribution in [0.5, 0.6) is 0 Å². The minimum Gasteiger partial charge on any atom is -0.392 e. The molecule has 3 aromatic rings. The van der Waals surface area contributed by atoms with Crippen LogP contribution in [0.3, 0.4) is 0 Å². The molecule has 0 unspecified atom stereocenters. The van der Waals surface area contributed by atoms with Crippen molar-refractivity contribution < 1.29 is 5.11 Å². The molecule has 0 bridgehead atoms. The summed E-state index contributed by atoms with van der Waals surface area (Å²) in [6, 6.07) is 6.29. The van der Waals surface area contributed by atoms with E-state index in [1.807, 2.05) is 18.5 Å². The second kappa shape index (κ2) is 10.1. The Morgan fingerprint density at radius 1 is 1.33 bits per heavy atom. The van der Waals surface area contributed by atoms with Crippen LogP contribution in [0.1, 0.15) is 25.7 Å². The summed E-state index contributed by atoms with van der Waals surface area (Å²) in [6.45, 7) is 1.90. The summed E-state index contributed by atoms with van der Waals surface area (Å²) in [6.07, 6.45) is 5.64. The fourth-order valence-electron chi connectivity index (χ4n) is 3.69. The third-order valence-electron chi connectivity index (χ3n) is 4.97. The van der Waals surface area contributed by atoms with Gasteiger partial charge in [0.05, 0.1) is 23.5 Å². The highest BCUT2D eigenvalue weighted by molar-refractivity contribution is 7.08. The second-order valence-corrected chi connectivity index (χ2v) is 7.90. The number of rotatable bonds is 5. The molecule has 8 heteroatoms. The lowest BCUT2D eigenvalue weighted by atomic mass is 9.97.